The van der Waals surface area contributed by atoms with Gasteiger partial charge in [0.25, 0.3) is 0 Å². The molecule has 0 amide bonds. The molecule has 0 spiro atoms. The van der Waals surface area contributed by atoms with Gasteiger partial charge in [0.1, 0.15) is 0 Å². The lowest BCUT2D eigenvalue weighted by Gasteiger charge is -2.43. The number of hydrogen-bond donors (Lipinski definition) is 0. The van der Waals surface area contributed by atoms with Crippen LogP contribution in [-0.4, -0.2) is 48.6 Å². The first-order chi connectivity index (χ1) is 6.02. The van der Waals surface area contributed by atoms with Crippen molar-refractivity contribution in [2.45, 2.75) is 39.8 Å². The monoisotopic (exact) mass is 184 g/mol. The molecule has 1 aliphatic heterocycles. The van der Waals surface area contributed by atoms with Gasteiger partial charge in [-0.05, 0) is 26.8 Å². The molecule has 1 aliphatic rings. The minimum atomic E-state index is 0.704. The molecule has 0 unspecified atom stereocenters. The van der Waals surface area contributed by atoms with Gasteiger partial charge >= 0.3 is 0 Å². The largest absolute Gasteiger partial charge is 0.301 e. The van der Waals surface area contributed by atoms with Crippen LogP contribution in [0.25, 0.3) is 0 Å². The SMILES string of the molecule is CC(C)[C@@H]1CN(C(C)C)CCN1C. The molecular formula is C11H24N2. The smallest absolute Gasteiger partial charge is 0.0243 e. The summed E-state index contributed by atoms with van der Waals surface area (Å²) in [4.78, 5) is 5.09. The van der Waals surface area contributed by atoms with E-state index in [1.54, 1.807) is 0 Å². The zero-order chi connectivity index (χ0) is 10.0. The summed E-state index contributed by atoms with van der Waals surface area (Å²) in [7, 11) is 2.25. The van der Waals surface area contributed by atoms with Crippen molar-refractivity contribution in [2.75, 3.05) is 26.7 Å². The summed E-state index contributed by atoms with van der Waals surface area (Å²) in [5.74, 6) is 0.770. The molecule has 0 aromatic heterocycles. The Morgan fingerprint density at radius 2 is 1.69 bits per heavy atom. The van der Waals surface area contributed by atoms with Crippen molar-refractivity contribution < 1.29 is 0 Å². The van der Waals surface area contributed by atoms with Crippen molar-refractivity contribution in [2.24, 2.45) is 5.92 Å². The summed E-state index contributed by atoms with van der Waals surface area (Å²) in [6.45, 7) is 12.9. The van der Waals surface area contributed by atoms with E-state index in [1.807, 2.05) is 0 Å². The van der Waals surface area contributed by atoms with Gasteiger partial charge in [0.05, 0.1) is 0 Å². The summed E-state index contributed by atoms with van der Waals surface area (Å²) in [6, 6.07) is 1.45. The zero-order valence-electron chi connectivity index (χ0n) is 9.75. The first kappa shape index (κ1) is 11.0. The van der Waals surface area contributed by atoms with Crippen molar-refractivity contribution in [3.05, 3.63) is 0 Å². The minimum absolute atomic E-state index is 0.704. The summed E-state index contributed by atoms with van der Waals surface area (Å²) >= 11 is 0. The lowest BCUT2D eigenvalue weighted by molar-refractivity contribution is 0.0525. The van der Waals surface area contributed by atoms with Gasteiger partial charge in [-0.2, -0.15) is 0 Å². The van der Waals surface area contributed by atoms with Gasteiger partial charge in [0, 0.05) is 31.7 Å². The molecule has 0 aromatic carbocycles. The Morgan fingerprint density at radius 1 is 1.08 bits per heavy atom. The zero-order valence-corrected chi connectivity index (χ0v) is 9.75. The van der Waals surface area contributed by atoms with Crippen LogP contribution < -0.4 is 0 Å². The second-order valence-electron chi connectivity index (χ2n) is 4.88. The molecule has 1 saturated heterocycles. The third kappa shape index (κ3) is 2.68. The average molecular weight is 184 g/mol. The molecule has 13 heavy (non-hydrogen) atoms. The van der Waals surface area contributed by atoms with Crippen LogP contribution in [0.5, 0.6) is 0 Å². The summed E-state index contributed by atoms with van der Waals surface area (Å²) in [5, 5.41) is 0. The molecule has 0 radical (unpaired) electrons. The highest BCUT2D eigenvalue weighted by atomic mass is 15.3. The van der Waals surface area contributed by atoms with Crippen molar-refractivity contribution in [1.82, 2.24) is 9.80 Å². The topological polar surface area (TPSA) is 6.48 Å². The maximum Gasteiger partial charge on any atom is 0.0243 e. The summed E-state index contributed by atoms with van der Waals surface area (Å²) in [5.41, 5.74) is 0. The highest BCUT2D eigenvalue weighted by molar-refractivity contribution is 4.83. The molecule has 0 aliphatic carbocycles. The number of rotatable bonds is 2. The highest BCUT2D eigenvalue weighted by Gasteiger charge is 2.27. The minimum Gasteiger partial charge on any atom is -0.301 e. The van der Waals surface area contributed by atoms with Crippen molar-refractivity contribution in [1.29, 1.82) is 0 Å². The van der Waals surface area contributed by atoms with E-state index in [0.717, 1.165) is 12.0 Å². The van der Waals surface area contributed by atoms with Crippen molar-refractivity contribution >= 4 is 0 Å². The van der Waals surface area contributed by atoms with Crippen LogP contribution in [0.15, 0.2) is 0 Å². The maximum atomic E-state index is 2.59. The van der Waals surface area contributed by atoms with E-state index >= 15 is 0 Å². The first-order valence-corrected chi connectivity index (χ1v) is 5.46. The summed E-state index contributed by atoms with van der Waals surface area (Å²) in [6.07, 6.45) is 0. The molecule has 0 bridgehead atoms. The number of likely N-dealkylation sites (N-methyl/N-ethyl adjacent to an activating group) is 1. The molecule has 0 saturated carbocycles. The lowest BCUT2D eigenvalue weighted by Crippen LogP contribution is -2.55. The van der Waals surface area contributed by atoms with Gasteiger partial charge in [-0.1, -0.05) is 13.8 Å². The normalized spacial score (nSPS) is 27.5. The van der Waals surface area contributed by atoms with E-state index in [0.29, 0.717) is 6.04 Å². The van der Waals surface area contributed by atoms with Gasteiger partial charge < -0.3 is 4.90 Å². The number of nitrogens with zero attached hydrogens (tertiary/aromatic N) is 2. The molecular weight excluding hydrogens is 160 g/mol. The van der Waals surface area contributed by atoms with Gasteiger partial charge in [-0.25, -0.2) is 0 Å². The van der Waals surface area contributed by atoms with Gasteiger partial charge in [0.2, 0.25) is 0 Å². The second kappa shape index (κ2) is 4.43. The van der Waals surface area contributed by atoms with E-state index < -0.39 is 0 Å². The van der Waals surface area contributed by atoms with Gasteiger partial charge in [-0.15, -0.1) is 0 Å². The van der Waals surface area contributed by atoms with Crippen LogP contribution in [0, 0.1) is 5.92 Å². The Balaban J connectivity index is 2.53. The van der Waals surface area contributed by atoms with E-state index in [1.165, 1.54) is 19.6 Å². The Kier molecular flexibility index (Phi) is 3.74. The quantitative estimate of drug-likeness (QED) is 0.644. The van der Waals surface area contributed by atoms with Crippen molar-refractivity contribution in [3.8, 4) is 0 Å². The lowest BCUT2D eigenvalue weighted by atomic mass is 9.99. The maximum absolute atomic E-state index is 2.59. The van der Waals surface area contributed by atoms with Crippen LogP contribution in [0.2, 0.25) is 0 Å². The third-order valence-corrected chi connectivity index (χ3v) is 3.23. The molecule has 1 atom stereocenters. The van der Waals surface area contributed by atoms with E-state index in [9.17, 15) is 0 Å². The fourth-order valence-corrected chi connectivity index (χ4v) is 2.11. The molecule has 0 aromatic rings. The molecule has 0 N–H and O–H groups in total. The van der Waals surface area contributed by atoms with E-state index in [4.69, 9.17) is 0 Å². The van der Waals surface area contributed by atoms with Gasteiger partial charge in [0.15, 0.2) is 0 Å². The fourth-order valence-electron chi connectivity index (χ4n) is 2.11. The van der Waals surface area contributed by atoms with Crippen LogP contribution >= 0.6 is 0 Å². The van der Waals surface area contributed by atoms with E-state index in [2.05, 4.69) is 44.5 Å². The van der Waals surface area contributed by atoms with Crippen LogP contribution in [0.3, 0.4) is 0 Å². The number of hydrogen-bond acceptors (Lipinski definition) is 2. The molecule has 1 heterocycles. The summed E-state index contributed by atoms with van der Waals surface area (Å²) < 4.78 is 0. The standard InChI is InChI=1S/C11H24N2/c1-9(2)11-8-13(10(3)4)7-6-12(11)5/h9-11H,6-8H2,1-5H3/t11-/m0/s1. The van der Waals surface area contributed by atoms with Crippen LogP contribution in [-0.2, 0) is 0 Å². The molecule has 2 heteroatoms. The molecule has 1 rings (SSSR count). The van der Waals surface area contributed by atoms with Crippen LogP contribution in [0.4, 0.5) is 0 Å². The fraction of sp³-hybridized carbons (Fsp3) is 1.00. The Hall–Kier alpha value is -0.0800. The second-order valence-corrected chi connectivity index (χ2v) is 4.88. The molecule has 2 nitrogen and oxygen atoms in total. The predicted molar refractivity (Wildman–Crippen MR) is 58.0 cm³/mol. The Morgan fingerprint density at radius 3 is 2.15 bits per heavy atom. The Bertz CT molecular complexity index is 154. The first-order valence-electron chi connectivity index (χ1n) is 5.46. The van der Waals surface area contributed by atoms with Crippen molar-refractivity contribution in [3.63, 3.8) is 0 Å². The molecule has 1 fully saturated rings. The Labute approximate surface area is 82.9 Å². The van der Waals surface area contributed by atoms with Gasteiger partial charge in [-0.3, -0.25) is 4.90 Å². The highest BCUT2D eigenvalue weighted by Crippen LogP contribution is 2.16. The van der Waals surface area contributed by atoms with Crippen LogP contribution in [0.1, 0.15) is 27.7 Å². The average Bonchev–Trinajstić information content (AvgIpc) is 2.04. The molecule has 78 valence electrons. The predicted octanol–water partition coefficient (Wildman–Crippen LogP) is 1.67. The third-order valence-electron chi connectivity index (χ3n) is 3.23. The number of piperazine rings is 1. The van der Waals surface area contributed by atoms with E-state index in [-0.39, 0.29) is 0 Å².